The summed E-state index contributed by atoms with van der Waals surface area (Å²) in [4.78, 5) is 8.81. The first-order chi connectivity index (χ1) is 10.8. The lowest BCUT2D eigenvalue weighted by atomic mass is 10.1. The second-order valence-corrected chi connectivity index (χ2v) is 6.82. The Bertz CT molecular complexity index is 766. The Morgan fingerprint density at radius 3 is 2.45 bits per heavy atom. The Morgan fingerprint density at radius 1 is 0.955 bits per heavy atom. The molecule has 0 radical (unpaired) electrons. The minimum Gasteiger partial charge on any atom is -0.354 e. The number of rotatable bonds is 0. The SMILES string of the molecule is O=[S@@]1c2ccccc2N=C(N2CCNCC2)c2ccccc21. The molecule has 1 atom stereocenters. The van der Waals surface area contributed by atoms with Crippen LogP contribution in [0.5, 0.6) is 0 Å². The smallest absolute Gasteiger partial charge is 0.137 e. The molecule has 1 N–H and O–H groups in total. The number of benzene rings is 2. The largest absolute Gasteiger partial charge is 0.354 e. The third-order valence-electron chi connectivity index (χ3n) is 4.04. The monoisotopic (exact) mass is 311 g/mol. The number of piperazine rings is 1. The number of nitrogens with one attached hydrogen (secondary N) is 1. The van der Waals surface area contributed by atoms with Gasteiger partial charge in [0, 0.05) is 31.7 Å². The van der Waals surface area contributed by atoms with Crippen molar-refractivity contribution in [3.8, 4) is 0 Å². The van der Waals surface area contributed by atoms with E-state index in [0.29, 0.717) is 0 Å². The fourth-order valence-electron chi connectivity index (χ4n) is 2.93. The van der Waals surface area contributed by atoms with E-state index >= 15 is 0 Å². The quantitative estimate of drug-likeness (QED) is 0.811. The highest BCUT2D eigenvalue weighted by Gasteiger charge is 2.25. The summed E-state index contributed by atoms with van der Waals surface area (Å²) in [6, 6.07) is 15.6. The molecule has 2 aromatic carbocycles. The van der Waals surface area contributed by atoms with Gasteiger partial charge in [-0.25, -0.2) is 9.20 Å². The lowest BCUT2D eigenvalue weighted by Gasteiger charge is -2.30. The Balaban J connectivity index is 1.93. The minimum absolute atomic E-state index is 0.792. The zero-order chi connectivity index (χ0) is 14.9. The average Bonchev–Trinajstić information content (AvgIpc) is 2.72. The second-order valence-electron chi connectivity index (χ2n) is 5.41. The van der Waals surface area contributed by atoms with Crippen LogP contribution in [0.25, 0.3) is 0 Å². The summed E-state index contributed by atoms with van der Waals surface area (Å²) < 4.78 is 13.0. The van der Waals surface area contributed by atoms with Gasteiger partial charge < -0.3 is 10.2 Å². The third kappa shape index (κ3) is 2.26. The molecule has 112 valence electrons. The van der Waals surface area contributed by atoms with Crippen molar-refractivity contribution in [2.45, 2.75) is 9.79 Å². The molecule has 0 bridgehead atoms. The molecule has 2 aromatic rings. The molecule has 0 unspecified atom stereocenters. The van der Waals surface area contributed by atoms with E-state index in [2.05, 4.69) is 10.2 Å². The van der Waals surface area contributed by atoms with Crippen molar-refractivity contribution >= 4 is 22.3 Å². The molecule has 4 nitrogen and oxygen atoms in total. The van der Waals surface area contributed by atoms with E-state index in [9.17, 15) is 4.21 Å². The molecular formula is C17H17N3OS. The van der Waals surface area contributed by atoms with Crippen molar-refractivity contribution < 1.29 is 4.21 Å². The number of fused-ring (bicyclic) bond motifs is 2. The Hall–Kier alpha value is -1.98. The van der Waals surface area contributed by atoms with Crippen LogP contribution in [0.2, 0.25) is 0 Å². The van der Waals surface area contributed by atoms with Gasteiger partial charge in [0.15, 0.2) is 0 Å². The average molecular weight is 311 g/mol. The van der Waals surface area contributed by atoms with Crippen molar-refractivity contribution in [2.24, 2.45) is 4.99 Å². The van der Waals surface area contributed by atoms with Crippen LogP contribution in [0, 0.1) is 0 Å². The molecule has 0 spiro atoms. The fraction of sp³-hybridized carbons (Fsp3) is 0.235. The molecule has 0 aliphatic carbocycles. The van der Waals surface area contributed by atoms with Crippen molar-refractivity contribution in [2.75, 3.05) is 26.2 Å². The summed E-state index contributed by atoms with van der Waals surface area (Å²) in [5, 5.41) is 3.36. The van der Waals surface area contributed by atoms with E-state index in [1.54, 1.807) is 0 Å². The van der Waals surface area contributed by atoms with Gasteiger partial charge in [-0.15, -0.1) is 0 Å². The van der Waals surface area contributed by atoms with Crippen LogP contribution < -0.4 is 5.32 Å². The molecular weight excluding hydrogens is 294 g/mol. The second kappa shape index (κ2) is 5.66. The number of aliphatic imine (C=N–C) groups is 1. The molecule has 2 aliphatic rings. The summed E-state index contributed by atoms with van der Waals surface area (Å²) in [6.45, 7) is 3.74. The predicted molar refractivity (Wildman–Crippen MR) is 88.2 cm³/mol. The first-order valence-electron chi connectivity index (χ1n) is 7.49. The van der Waals surface area contributed by atoms with Gasteiger partial charge in [-0.05, 0) is 18.2 Å². The molecule has 22 heavy (non-hydrogen) atoms. The topological polar surface area (TPSA) is 44.7 Å². The van der Waals surface area contributed by atoms with E-state index < -0.39 is 10.8 Å². The molecule has 1 fully saturated rings. The standard InChI is InChI=1S/C17H17N3OS/c21-22-15-7-3-1-5-13(15)17(20-11-9-18-10-12-20)19-14-6-2-4-8-16(14)22/h1-8,18H,9-12H2/t22-/m0/s1. The maximum Gasteiger partial charge on any atom is 0.137 e. The van der Waals surface area contributed by atoms with Gasteiger partial charge >= 0.3 is 0 Å². The molecule has 2 aliphatic heterocycles. The number of hydrogen-bond acceptors (Lipinski definition) is 4. The first-order valence-corrected chi connectivity index (χ1v) is 8.64. The van der Waals surface area contributed by atoms with E-state index in [4.69, 9.17) is 4.99 Å². The van der Waals surface area contributed by atoms with Crippen LogP contribution in [-0.4, -0.2) is 41.1 Å². The minimum atomic E-state index is -1.19. The number of para-hydroxylation sites is 1. The van der Waals surface area contributed by atoms with Gasteiger partial charge in [0.05, 0.1) is 26.3 Å². The van der Waals surface area contributed by atoms with Crippen LogP contribution in [-0.2, 0) is 10.8 Å². The highest BCUT2D eigenvalue weighted by molar-refractivity contribution is 7.85. The first kappa shape index (κ1) is 13.7. The summed E-state index contributed by atoms with van der Waals surface area (Å²) in [6.07, 6.45) is 0. The van der Waals surface area contributed by atoms with Gasteiger partial charge in [-0.2, -0.15) is 0 Å². The van der Waals surface area contributed by atoms with Crippen molar-refractivity contribution in [1.29, 1.82) is 0 Å². The lowest BCUT2D eigenvalue weighted by molar-refractivity contribution is 0.358. The van der Waals surface area contributed by atoms with E-state index in [1.165, 1.54) is 0 Å². The number of hydrogen-bond donors (Lipinski definition) is 1. The highest BCUT2D eigenvalue weighted by Crippen LogP contribution is 2.33. The van der Waals surface area contributed by atoms with Crippen LogP contribution >= 0.6 is 0 Å². The molecule has 0 saturated carbocycles. The van der Waals surface area contributed by atoms with E-state index in [-0.39, 0.29) is 0 Å². The van der Waals surface area contributed by atoms with Gasteiger partial charge in [0.2, 0.25) is 0 Å². The van der Waals surface area contributed by atoms with Crippen molar-refractivity contribution in [1.82, 2.24) is 10.2 Å². The zero-order valence-electron chi connectivity index (χ0n) is 12.2. The summed E-state index contributed by atoms with van der Waals surface area (Å²) in [5.74, 6) is 0.940. The van der Waals surface area contributed by atoms with Gasteiger partial charge in [0.25, 0.3) is 0 Å². The molecule has 0 aromatic heterocycles. The van der Waals surface area contributed by atoms with Crippen LogP contribution in [0.1, 0.15) is 5.56 Å². The fourth-order valence-corrected chi connectivity index (χ4v) is 4.23. The normalized spacial score (nSPS) is 20.6. The third-order valence-corrected chi connectivity index (χ3v) is 5.54. The number of amidine groups is 1. The van der Waals surface area contributed by atoms with Crippen molar-refractivity contribution in [3.63, 3.8) is 0 Å². The van der Waals surface area contributed by atoms with Crippen molar-refractivity contribution in [3.05, 3.63) is 54.1 Å². The molecule has 4 rings (SSSR count). The zero-order valence-corrected chi connectivity index (χ0v) is 13.0. The van der Waals surface area contributed by atoms with Crippen LogP contribution in [0.15, 0.2) is 63.3 Å². The molecule has 0 amide bonds. The maximum absolute atomic E-state index is 13.0. The maximum atomic E-state index is 13.0. The highest BCUT2D eigenvalue weighted by atomic mass is 32.2. The van der Waals surface area contributed by atoms with Gasteiger partial charge in [-0.3, -0.25) is 0 Å². The summed E-state index contributed by atoms with van der Waals surface area (Å²) >= 11 is 0. The predicted octanol–water partition coefficient (Wildman–Crippen LogP) is 2.15. The molecule has 5 heteroatoms. The van der Waals surface area contributed by atoms with E-state index in [0.717, 1.165) is 53.1 Å². The lowest BCUT2D eigenvalue weighted by Crippen LogP contribution is -2.46. The van der Waals surface area contributed by atoms with E-state index in [1.807, 2.05) is 48.5 Å². The molecule has 1 saturated heterocycles. The number of nitrogens with zero attached hydrogens (tertiary/aromatic N) is 2. The van der Waals surface area contributed by atoms with Gasteiger partial charge in [-0.1, -0.05) is 30.3 Å². The summed E-state index contributed by atoms with van der Waals surface area (Å²) in [7, 11) is -1.19. The van der Waals surface area contributed by atoms with Crippen LogP contribution in [0.3, 0.4) is 0 Å². The molecule has 2 heterocycles. The Morgan fingerprint density at radius 2 is 1.64 bits per heavy atom. The Labute approximate surface area is 132 Å². The van der Waals surface area contributed by atoms with Gasteiger partial charge in [0.1, 0.15) is 5.84 Å². The Kier molecular flexibility index (Phi) is 3.52. The van der Waals surface area contributed by atoms with Crippen LogP contribution in [0.4, 0.5) is 5.69 Å². The summed E-state index contributed by atoms with van der Waals surface area (Å²) in [5.41, 5.74) is 1.80.